The van der Waals surface area contributed by atoms with Crippen molar-refractivity contribution in [2.75, 3.05) is 7.05 Å². The minimum absolute atomic E-state index is 0.0830. The zero-order valence-electron chi connectivity index (χ0n) is 9.15. The molecule has 2 heterocycles. The second-order valence-electron chi connectivity index (χ2n) is 5.08. The summed E-state index contributed by atoms with van der Waals surface area (Å²) >= 11 is 0. The van der Waals surface area contributed by atoms with Crippen molar-refractivity contribution in [3.63, 3.8) is 0 Å². The van der Waals surface area contributed by atoms with Crippen molar-refractivity contribution in [2.24, 2.45) is 0 Å². The fraction of sp³-hybridized carbons (Fsp3) is 0.909. The molecule has 2 saturated heterocycles. The van der Waals surface area contributed by atoms with E-state index < -0.39 is 11.6 Å². The third-order valence-electron chi connectivity index (χ3n) is 4.02. The van der Waals surface area contributed by atoms with E-state index >= 15 is 0 Å². The maximum absolute atomic E-state index is 10.5. The van der Waals surface area contributed by atoms with E-state index in [2.05, 4.69) is 11.9 Å². The molecule has 86 valence electrons. The number of carboxylic acids is 1. The number of aliphatic carboxylic acids is 1. The molecule has 15 heavy (non-hydrogen) atoms. The van der Waals surface area contributed by atoms with Crippen LogP contribution in [-0.2, 0) is 4.79 Å². The summed E-state index contributed by atoms with van der Waals surface area (Å²) in [6, 6.07) is 0.921. The van der Waals surface area contributed by atoms with Crippen LogP contribution < -0.4 is 0 Å². The maximum atomic E-state index is 10.5. The lowest BCUT2D eigenvalue weighted by Gasteiger charge is -2.42. The SMILES string of the molecule is CN1C2CCC1CC(O)(CCC(=O)O)C2. The first-order valence-electron chi connectivity index (χ1n) is 5.66. The van der Waals surface area contributed by atoms with Crippen LogP contribution in [0.5, 0.6) is 0 Å². The van der Waals surface area contributed by atoms with Gasteiger partial charge in [0.1, 0.15) is 0 Å². The molecule has 0 aromatic carbocycles. The average Bonchev–Trinajstić information content (AvgIpc) is 2.39. The molecule has 2 aliphatic heterocycles. The fourth-order valence-corrected chi connectivity index (χ4v) is 3.09. The monoisotopic (exact) mass is 213 g/mol. The van der Waals surface area contributed by atoms with E-state index in [1.54, 1.807) is 0 Å². The molecular formula is C11H19NO3. The van der Waals surface area contributed by atoms with E-state index in [-0.39, 0.29) is 6.42 Å². The van der Waals surface area contributed by atoms with Gasteiger partial charge in [0.15, 0.2) is 0 Å². The number of aliphatic hydroxyl groups is 1. The molecule has 0 radical (unpaired) electrons. The van der Waals surface area contributed by atoms with Crippen LogP contribution >= 0.6 is 0 Å². The standard InChI is InChI=1S/C11H19NO3/c1-12-8-2-3-9(12)7-11(15,6-8)5-4-10(13)14/h8-9,15H,2-7H2,1H3,(H,13,14). The van der Waals surface area contributed by atoms with Crippen molar-refractivity contribution >= 4 is 5.97 Å². The first-order valence-corrected chi connectivity index (χ1v) is 5.66. The molecular weight excluding hydrogens is 194 g/mol. The molecule has 2 unspecified atom stereocenters. The molecule has 2 aliphatic rings. The summed E-state index contributed by atoms with van der Waals surface area (Å²) in [5.74, 6) is -0.810. The van der Waals surface area contributed by atoms with E-state index in [4.69, 9.17) is 5.11 Å². The predicted molar refractivity (Wildman–Crippen MR) is 55.6 cm³/mol. The van der Waals surface area contributed by atoms with Gasteiger partial charge >= 0.3 is 5.97 Å². The van der Waals surface area contributed by atoms with Crippen LogP contribution in [0.1, 0.15) is 38.5 Å². The largest absolute Gasteiger partial charge is 0.481 e. The molecule has 0 saturated carbocycles. The Morgan fingerprint density at radius 1 is 1.40 bits per heavy atom. The van der Waals surface area contributed by atoms with E-state index in [0.717, 1.165) is 25.7 Å². The zero-order valence-corrected chi connectivity index (χ0v) is 9.15. The number of hydrogen-bond acceptors (Lipinski definition) is 3. The van der Waals surface area contributed by atoms with Crippen molar-refractivity contribution in [2.45, 2.75) is 56.2 Å². The Hall–Kier alpha value is -0.610. The van der Waals surface area contributed by atoms with E-state index in [1.807, 2.05) is 0 Å². The van der Waals surface area contributed by atoms with Gasteiger partial charge in [0.2, 0.25) is 0 Å². The third kappa shape index (κ3) is 2.16. The van der Waals surface area contributed by atoms with Crippen molar-refractivity contribution in [3.8, 4) is 0 Å². The van der Waals surface area contributed by atoms with Crippen molar-refractivity contribution in [1.29, 1.82) is 0 Å². The van der Waals surface area contributed by atoms with E-state index in [0.29, 0.717) is 18.5 Å². The number of nitrogens with zero attached hydrogens (tertiary/aromatic N) is 1. The number of carbonyl (C=O) groups is 1. The van der Waals surface area contributed by atoms with Gasteiger partial charge in [-0.15, -0.1) is 0 Å². The van der Waals surface area contributed by atoms with Gasteiger partial charge in [-0.05, 0) is 39.2 Å². The topological polar surface area (TPSA) is 60.8 Å². The summed E-state index contributed by atoms with van der Waals surface area (Å²) in [6.07, 6.45) is 4.27. The van der Waals surface area contributed by atoms with Gasteiger partial charge in [-0.3, -0.25) is 4.79 Å². The Balaban J connectivity index is 1.97. The van der Waals surface area contributed by atoms with Crippen LogP contribution in [0.4, 0.5) is 0 Å². The lowest BCUT2D eigenvalue weighted by Crippen LogP contribution is -2.49. The number of hydrogen-bond donors (Lipinski definition) is 2. The minimum atomic E-state index is -0.810. The van der Waals surface area contributed by atoms with Gasteiger partial charge in [0, 0.05) is 18.5 Å². The van der Waals surface area contributed by atoms with Crippen molar-refractivity contribution in [3.05, 3.63) is 0 Å². The van der Waals surface area contributed by atoms with Crippen molar-refractivity contribution in [1.82, 2.24) is 4.90 Å². The molecule has 0 aromatic heterocycles. The van der Waals surface area contributed by atoms with Crippen LogP contribution in [0.3, 0.4) is 0 Å². The molecule has 2 rings (SSSR count). The third-order valence-corrected chi connectivity index (χ3v) is 4.02. The summed E-state index contributed by atoms with van der Waals surface area (Å²) < 4.78 is 0. The molecule has 2 bridgehead atoms. The Kier molecular flexibility index (Phi) is 2.73. The highest BCUT2D eigenvalue weighted by atomic mass is 16.4. The fourth-order valence-electron chi connectivity index (χ4n) is 3.09. The smallest absolute Gasteiger partial charge is 0.303 e. The Morgan fingerprint density at radius 2 is 1.93 bits per heavy atom. The first kappa shape index (κ1) is 10.9. The van der Waals surface area contributed by atoms with Crippen LogP contribution in [0.15, 0.2) is 0 Å². The second-order valence-corrected chi connectivity index (χ2v) is 5.08. The Bertz CT molecular complexity index is 253. The highest BCUT2D eigenvalue weighted by molar-refractivity contribution is 5.66. The van der Waals surface area contributed by atoms with Gasteiger partial charge in [0.25, 0.3) is 0 Å². The quantitative estimate of drug-likeness (QED) is 0.729. The molecule has 0 spiro atoms. The number of rotatable bonds is 3. The number of carboxylic acid groups (broad SMARTS) is 1. The molecule has 4 heteroatoms. The van der Waals surface area contributed by atoms with E-state index in [1.165, 1.54) is 0 Å². The van der Waals surface area contributed by atoms with Crippen LogP contribution in [0.25, 0.3) is 0 Å². The van der Waals surface area contributed by atoms with Gasteiger partial charge < -0.3 is 15.1 Å². The Labute approximate surface area is 89.9 Å². The first-order chi connectivity index (χ1) is 7.00. The number of fused-ring (bicyclic) bond motifs is 2. The molecule has 4 nitrogen and oxygen atoms in total. The molecule has 2 N–H and O–H groups in total. The molecule has 2 atom stereocenters. The van der Waals surface area contributed by atoms with Crippen LogP contribution in [0.2, 0.25) is 0 Å². The summed E-state index contributed by atoms with van der Waals surface area (Å²) in [5.41, 5.74) is -0.725. The predicted octanol–water partition coefficient (Wildman–Crippen LogP) is 0.839. The van der Waals surface area contributed by atoms with Gasteiger partial charge in [-0.1, -0.05) is 0 Å². The maximum Gasteiger partial charge on any atom is 0.303 e. The highest BCUT2D eigenvalue weighted by Crippen LogP contribution is 2.41. The van der Waals surface area contributed by atoms with Crippen LogP contribution in [0, 0.1) is 0 Å². The molecule has 0 aromatic rings. The molecule has 0 amide bonds. The summed E-state index contributed by atoms with van der Waals surface area (Å²) in [4.78, 5) is 12.8. The van der Waals surface area contributed by atoms with Gasteiger partial charge in [0.05, 0.1) is 5.60 Å². The molecule has 0 aliphatic carbocycles. The highest BCUT2D eigenvalue weighted by Gasteiger charge is 2.45. The lowest BCUT2D eigenvalue weighted by atomic mass is 9.83. The average molecular weight is 213 g/mol. The van der Waals surface area contributed by atoms with Gasteiger partial charge in [-0.2, -0.15) is 0 Å². The zero-order chi connectivity index (χ0) is 11.1. The summed E-state index contributed by atoms with van der Waals surface area (Å²) in [5, 5.41) is 19.0. The lowest BCUT2D eigenvalue weighted by molar-refractivity contribution is -0.139. The summed E-state index contributed by atoms with van der Waals surface area (Å²) in [6.45, 7) is 0. The van der Waals surface area contributed by atoms with Crippen LogP contribution in [-0.4, -0.2) is 45.8 Å². The Morgan fingerprint density at radius 3 is 2.40 bits per heavy atom. The van der Waals surface area contributed by atoms with E-state index in [9.17, 15) is 9.90 Å². The van der Waals surface area contributed by atoms with Crippen molar-refractivity contribution < 1.29 is 15.0 Å². The van der Waals surface area contributed by atoms with Gasteiger partial charge in [-0.25, -0.2) is 0 Å². The molecule has 2 fully saturated rings. The minimum Gasteiger partial charge on any atom is -0.481 e. The normalized spacial score (nSPS) is 40.7. The summed E-state index contributed by atoms with van der Waals surface area (Å²) in [7, 11) is 2.11. The second kappa shape index (κ2) is 3.76. The number of piperidine rings is 1.